The van der Waals surface area contributed by atoms with E-state index in [1.165, 1.54) is 6.07 Å². The zero-order valence-electron chi connectivity index (χ0n) is 7.91. The van der Waals surface area contributed by atoms with Gasteiger partial charge in [-0.1, -0.05) is 18.5 Å². The van der Waals surface area contributed by atoms with Crippen molar-refractivity contribution in [3.63, 3.8) is 0 Å². The van der Waals surface area contributed by atoms with Gasteiger partial charge in [0.2, 0.25) is 0 Å². The highest BCUT2D eigenvalue weighted by Gasteiger charge is 2.13. The minimum absolute atomic E-state index is 0.0791. The number of rotatable bonds is 3. The van der Waals surface area contributed by atoms with Crippen LogP contribution >= 0.6 is 23.4 Å². The van der Waals surface area contributed by atoms with Crippen LogP contribution < -0.4 is 0 Å². The van der Waals surface area contributed by atoms with Gasteiger partial charge in [-0.2, -0.15) is 0 Å². The molecular formula is C9H10ClNO2S. The van der Waals surface area contributed by atoms with Crippen molar-refractivity contribution in [3.05, 3.63) is 32.8 Å². The Labute approximate surface area is 91.6 Å². The molecule has 0 aliphatic rings. The van der Waals surface area contributed by atoms with E-state index in [0.29, 0.717) is 10.6 Å². The molecule has 3 nitrogen and oxygen atoms in total. The summed E-state index contributed by atoms with van der Waals surface area (Å²) >= 11 is 7.48. The van der Waals surface area contributed by atoms with E-state index in [2.05, 4.69) is 0 Å². The van der Waals surface area contributed by atoms with E-state index in [4.69, 9.17) is 11.6 Å². The minimum Gasteiger partial charge on any atom is -0.258 e. The van der Waals surface area contributed by atoms with Crippen molar-refractivity contribution in [2.45, 2.75) is 18.7 Å². The van der Waals surface area contributed by atoms with Crippen LogP contribution in [0.5, 0.6) is 0 Å². The molecule has 0 radical (unpaired) electrons. The zero-order valence-corrected chi connectivity index (χ0v) is 9.48. The summed E-state index contributed by atoms with van der Waals surface area (Å²) in [6.07, 6.45) is 0. The van der Waals surface area contributed by atoms with E-state index >= 15 is 0 Å². The van der Waals surface area contributed by atoms with Gasteiger partial charge in [0.05, 0.1) is 9.95 Å². The summed E-state index contributed by atoms with van der Waals surface area (Å²) in [4.78, 5) is 11.1. The molecule has 0 N–H and O–H groups in total. The van der Waals surface area contributed by atoms with Gasteiger partial charge in [0.15, 0.2) is 0 Å². The topological polar surface area (TPSA) is 43.1 Å². The standard InChI is InChI=1S/C9H10ClNO2S/c1-3-14-9-4-6(2)8(11(12)13)5-7(9)10/h4-5H,3H2,1-2H3. The second-order valence-corrected chi connectivity index (χ2v) is 4.47. The van der Waals surface area contributed by atoms with Crippen LogP contribution in [0.25, 0.3) is 0 Å². The highest BCUT2D eigenvalue weighted by Crippen LogP contribution is 2.32. The molecule has 0 unspecified atom stereocenters. The molecule has 1 rings (SSSR count). The fourth-order valence-corrected chi connectivity index (χ4v) is 2.20. The number of hydrogen-bond acceptors (Lipinski definition) is 3. The summed E-state index contributed by atoms with van der Waals surface area (Å²) in [5.41, 5.74) is 0.728. The highest BCUT2D eigenvalue weighted by atomic mass is 35.5. The van der Waals surface area contributed by atoms with Crippen LogP contribution in [0.15, 0.2) is 17.0 Å². The average molecular weight is 232 g/mol. The molecule has 0 aliphatic carbocycles. The van der Waals surface area contributed by atoms with E-state index in [1.807, 2.05) is 6.92 Å². The third-order valence-electron chi connectivity index (χ3n) is 1.75. The number of halogens is 1. The molecule has 0 aliphatic heterocycles. The molecule has 0 saturated heterocycles. The predicted molar refractivity (Wildman–Crippen MR) is 59.2 cm³/mol. The normalized spacial score (nSPS) is 10.2. The van der Waals surface area contributed by atoms with Crippen molar-refractivity contribution >= 4 is 29.1 Å². The molecule has 1 aromatic carbocycles. The molecule has 5 heteroatoms. The zero-order chi connectivity index (χ0) is 10.7. The lowest BCUT2D eigenvalue weighted by atomic mass is 10.2. The number of benzene rings is 1. The molecule has 76 valence electrons. The molecule has 0 atom stereocenters. The molecule has 1 aromatic rings. The first-order valence-corrected chi connectivity index (χ1v) is 5.50. The Morgan fingerprint density at radius 1 is 1.57 bits per heavy atom. The lowest BCUT2D eigenvalue weighted by Crippen LogP contribution is -1.92. The third-order valence-corrected chi connectivity index (χ3v) is 3.11. The van der Waals surface area contributed by atoms with Crippen LogP contribution in [0, 0.1) is 17.0 Å². The van der Waals surface area contributed by atoms with Gasteiger partial charge in [0.25, 0.3) is 5.69 Å². The molecule has 0 heterocycles. The molecule has 0 fully saturated rings. The van der Waals surface area contributed by atoms with Crippen molar-refractivity contribution in [2.75, 3.05) is 5.75 Å². The summed E-state index contributed by atoms with van der Waals surface area (Å²) in [5.74, 6) is 0.900. The summed E-state index contributed by atoms with van der Waals surface area (Å²) < 4.78 is 0. The Kier molecular flexibility index (Phi) is 3.77. The fourth-order valence-electron chi connectivity index (χ4n) is 1.11. The predicted octanol–water partition coefficient (Wildman–Crippen LogP) is 3.67. The van der Waals surface area contributed by atoms with E-state index in [0.717, 1.165) is 10.6 Å². The minimum atomic E-state index is -0.415. The van der Waals surface area contributed by atoms with Gasteiger partial charge in [-0.25, -0.2) is 0 Å². The Bertz CT molecular complexity index is 368. The van der Waals surface area contributed by atoms with Gasteiger partial charge in [0, 0.05) is 16.5 Å². The number of nitro benzene ring substituents is 1. The number of nitrogens with zero attached hydrogens (tertiary/aromatic N) is 1. The van der Waals surface area contributed by atoms with Crippen LogP contribution in [0.4, 0.5) is 5.69 Å². The van der Waals surface area contributed by atoms with E-state index in [-0.39, 0.29) is 5.69 Å². The van der Waals surface area contributed by atoms with Gasteiger partial charge >= 0.3 is 0 Å². The first kappa shape index (κ1) is 11.3. The number of aryl methyl sites for hydroxylation is 1. The van der Waals surface area contributed by atoms with Crippen LogP contribution in [-0.4, -0.2) is 10.7 Å². The second kappa shape index (κ2) is 4.66. The van der Waals surface area contributed by atoms with Crippen LogP contribution in [0.1, 0.15) is 12.5 Å². The highest BCUT2D eigenvalue weighted by molar-refractivity contribution is 7.99. The number of nitro groups is 1. The molecular weight excluding hydrogens is 222 g/mol. The average Bonchev–Trinajstić information content (AvgIpc) is 2.10. The quantitative estimate of drug-likeness (QED) is 0.453. The molecule has 14 heavy (non-hydrogen) atoms. The number of thioether (sulfide) groups is 1. The largest absolute Gasteiger partial charge is 0.273 e. The molecule has 0 bridgehead atoms. The van der Waals surface area contributed by atoms with Crippen molar-refractivity contribution < 1.29 is 4.92 Å². The van der Waals surface area contributed by atoms with Crippen molar-refractivity contribution in [1.29, 1.82) is 0 Å². The monoisotopic (exact) mass is 231 g/mol. The van der Waals surface area contributed by atoms with Crippen LogP contribution in [0.3, 0.4) is 0 Å². The van der Waals surface area contributed by atoms with E-state index in [9.17, 15) is 10.1 Å². The maximum atomic E-state index is 10.6. The maximum absolute atomic E-state index is 10.6. The Morgan fingerprint density at radius 2 is 2.21 bits per heavy atom. The first-order chi connectivity index (χ1) is 6.56. The van der Waals surface area contributed by atoms with Crippen molar-refractivity contribution in [2.24, 2.45) is 0 Å². The Hall–Kier alpha value is -0.740. The Morgan fingerprint density at radius 3 is 2.71 bits per heavy atom. The molecule has 0 aromatic heterocycles. The lowest BCUT2D eigenvalue weighted by Gasteiger charge is -2.04. The van der Waals surface area contributed by atoms with Gasteiger partial charge in [-0.15, -0.1) is 11.8 Å². The van der Waals surface area contributed by atoms with E-state index < -0.39 is 4.92 Å². The van der Waals surface area contributed by atoms with Gasteiger partial charge < -0.3 is 0 Å². The Balaban J connectivity index is 3.17. The van der Waals surface area contributed by atoms with Crippen LogP contribution in [0.2, 0.25) is 5.02 Å². The van der Waals surface area contributed by atoms with Crippen molar-refractivity contribution in [1.82, 2.24) is 0 Å². The number of hydrogen-bond donors (Lipinski definition) is 0. The summed E-state index contributed by atoms with van der Waals surface area (Å²) in [6, 6.07) is 3.17. The second-order valence-electron chi connectivity index (χ2n) is 2.76. The first-order valence-electron chi connectivity index (χ1n) is 4.13. The summed E-state index contributed by atoms with van der Waals surface area (Å²) in [6.45, 7) is 3.73. The lowest BCUT2D eigenvalue weighted by molar-refractivity contribution is -0.385. The van der Waals surface area contributed by atoms with Crippen molar-refractivity contribution in [3.8, 4) is 0 Å². The van der Waals surface area contributed by atoms with Gasteiger partial charge in [-0.3, -0.25) is 10.1 Å². The summed E-state index contributed by atoms with van der Waals surface area (Å²) in [7, 11) is 0. The molecule has 0 spiro atoms. The van der Waals surface area contributed by atoms with Crippen LogP contribution in [-0.2, 0) is 0 Å². The smallest absolute Gasteiger partial charge is 0.258 e. The molecule has 0 amide bonds. The van der Waals surface area contributed by atoms with E-state index in [1.54, 1.807) is 24.8 Å². The van der Waals surface area contributed by atoms with Gasteiger partial charge in [-0.05, 0) is 18.7 Å². The van der Waals surface area contributed by atoms with Gasteiger partial charge in [0.1, 0.15) is 0 Å². The fraction of sp³-hybridized carbons (Fsp3) is 0.333. The maximum Gasteiger partial charge on any atom is 0.273 e. The summed E-state index contributed by atoms with van der Waals surface area (Å²) in [5, 5.41) is 11.0. The molecule has 0 saturated carbocycles. The third kappa shape index (κ3) is 2.39. The SMILES string of the molecule is CCSc1cc(C)c([N+](=O)[O-])cc1Cl.